The number of ether oxygens (including phenoxy) is 1. The zero-order valence-corrected chi connectivity index (χ0v) is 9.60. The zero-order chi connectivity index (χ0) is 12.8. The number of carboxylic acids is 1. The summed E-state index contributed by atoms with van der Waals surface area (Å²) in [6.07, 6.45) is 5.54. The lowest BCUT2D eigenvalue weighted by molar-refractivity contribution is -0.142. The first-order valence-electron chi connectivity index (χ1n) is 5.35. The molecule has 1 aliphatic rings. The quantitative estimate of drug-likeness (QED) is 0.594. The molecule has 94 valence electrons. The summed E-state index contributed by atoms with van der Waals surface area (Å²) in [5, 5.41) is 14.1. The second-order valence-electron chi connectivity index (χ2n) is 4.02. The molecule has 1 fully saturated rings. The maximum absolute atomic E-state index is 11.5. The van der Waals surface area contributed by atoms with Crippen molar-refractivity contribution in [3.63, 3.8) is 0 Å². The van der Waals surface area contributed by atoms with Crippen LogP contribution in [0.4, 0.5) is 4.79 Å². The predicted octanol–water partition coefficient (Wildman–Crippen LogP) is -0.203. The number of hydrogen-bond donors (Lipinski definition) is 3. The number of carbonyl (C=O) groups excluding carboxylic acids is 1. The first-order valence-corrected chi connectivity index (χ1v) is 5.35. The zero-order valence-electron chi connectivity index (χ0n) is 9.60. The molecule has 0 aromatic heterocycles. The van der Waals surface area contributed by atoms with Crippen LogP contribution in [0.25, 0.3) is 0 Å². The lowest BCUT2D eigenvalue weighted by Crippen LogP contribution is -2.49. The van der Waals surface area contributed by atoms with Crippen LogP contribution in [0.1, 0.15) is 13.3 Å². The Morgan fingerprint density at radius 3 is 2.88 bits per heavy atom. The van der Waals surface area contributed by atoms with Gasteiger partial charge in [0, 0.05) is 12.5 Å². The topological polar surface area (TPSA) is 87.7 Å². The number of carbonyl (C=O) groups is 2. The molecule has 0 aliphatic carbocycles. The van der Waals surface area contributed by atoms with E-state index in [1.54, 1.807) is 6.92 Å². The van der Waals surface area contributed by atoms with Gasteiger partial charge in [-0.2, -0.15) is 0 Å². The number of amides is 2. The molecule has 0 aromatic carbocycles. The summed E-state index contributed by atoms with van der Waals surface area (Å²) in [5.74, 6) is 0.773. The highest BCUT2D eigenvalue weighted by molar-refractivity contribution is 5.77. The molecule has 1 saturated heterocycles. The van der Waals surface area contributed by atoms with Crippen molar-refractivity contribution in [3.05, 3.63) is 0 Å². The van der Waals surface area contributed by atoms with Crippen molar-refractivity contribution in [1.29, 1.82) is 0 Å². The molecular formula is C11H16N2O4. The van der Waals surface area contributed by atoms with Crippen LogP contribution >= 0.6 is 0 Å². The third kappa shape index (κ3) is 3.96. The standard InChI is InChI=1S/C11H16N2O4/c1-3-4-7(2)12-11(16)13-9-6-17-5-8(9)10(14)15/h1,7-9H,4-6H2,2H3,(H,14,15)(H2,12,13,16). The fraction of sp³-hybridized carbons (Fsp3) is 0.636. The molecule has 1 aliphatic heterocycles. The molecule has 17 heavy (non-hydrogen) atoms. The van der Waals surface area contributed by atoms with Crippen LogP contribution in [0.5, 0.6) is 0 Å². The van der Waals surface area contributed by atoms with E-state index in [0.717, 1.165) is 0 Å². The smallest absolute Gasteiger partial charge is 0.315 e. The summed E-state index contributed by atoms with van der Waals surface area (Å²) in [6, 6.07) is -1.06. The molecule has 1 heterocycles. The molecule has 0 spiro atoms. The number of nitrogens with one attached hydrogen (secondary N) is 2. The van der Waals surface area contributed by atoms with Gasteiger partial charge in [0.1, 0.15) is 5.92 Å². The van der Waals surface area contributed by atoms with Crippen LogP contribution in [0.3, 0.4) is 0 Å². The Kier molecular flexibility index (Phi) is 4.79. The fourth-order valence-corrected chi connectivity index (χ4v) is 1.60. The Bertz CT molecular complexity index is 337. The van der Waals surface area contributed by atoms with E-state index in [2.05, 4.69) is 16.6 Å². The number of hydrogen-bond acceptors (Lipinski definition) is 3. The normalized spacial score (nSPS) is 24.7. The van der Waals surface area contributed by atoms with E-state index in [1.807, 2.05) is 0 Å². The van der Waals surface area contributed by atoms with E-state index in [0.29, 0.717) is 6.42 Å². The summed E-state index contributed by atoms with van der Waals surface area (Å²) in [6.45, 7) is 2.12. The highest BCUT2D eigenvalue weighted by atomic mass is 16.5. The lowest BCUT2D eigenvalue weighted by Gasteiger charge is -2.18. The van der Waals surface area contributed by atoms with Crippen LogP contribution < -0.4 is 10.6 Å². The van der Waals surface area contributed by atoms with Crippen LogP contribution in [-0.4, -0.2) is 42.4 Å². The van der Waals surface area contributed by atoms with Gasteiger partial charge in [-0.1, -0.05) is 0 Å². The lowest BCUT2D eigenvalue weighted by atomic mass is 10.0. The summed E-state index contributed by atoms with van der Waals surface area (Å²) < 4.78 is 5.03. The molecule has 0 radical (unpaired) electrons. The van der Waals surface area contributed by atoms with Gasteiger partial charge in [0.25, 0.3) is 0 Å². The van der Waals surface area contributed by atoms with Gasteiger partial charge in [0.15, 0.2) is 0 Å². The van der Waals surface area contributed by atoms with E-state index < -0.39 is 24.0 Å². The van der Waals surface area contributed by atoms with E-state index in [1.165, 1.54) is 0 Å². The van der Waals surface area contributed by atoms with Crippen molar-refractivity contribution in [2.75, 3.05) is 13.2 Å². The minimum atomic E-state index is -0.968. The van der Waals surface area contributed by atoms with Crippen molar-refractivity contribution in [2.24, 2.45) is 5.92 Å². The predicted molar refractivity (Wildman–Crippen MR) is 60.3 cm³/mol. The summed E-state index contributed by atoms with van der Waals surface area (Å²) in [4.78, 5) is 22.4. The summed E-state index contributed by atoms with van der Waals surface area (Å²) in [5.41, 5.74) is 0. The van der Waals surface area contributed by atoms with Gasteiger partial charge in [-0.15, -0.1) is 12.3 Å². The van der Waals surface area contributed by atoms with Crippen molar-refractivity contribution < 1.29 is 19.4 Å². The molecule has 0 bridgehead atoms. The number of carboxylic acid groups (broad SMARTS) is 1. The second kappa shape index (κ2) is 6.11. The minimum absolute atomic E-state index is 0.125. The average Bonchev–Trinajstić information content (AvgIpc) is 2.65. The fourth-order valence-electron chi connectivity index (χ4n) is 1.60. The Balaban J connectivity index is 2.40. The van der Waals surface area contributed by atoms with E-state index in [-0.39, 0.29) is 19.3 Å². The van der Waals surface area contributed by atoms with E-state index >= 15 is 0 Å². The minimum Gasteiger partial charge on any atom is -0.481 e. The molecule has 2 amide bonds. The van der Waals surface area contributed by atoms with Gasteiger partial charge in [0.2, 0.25) is 0 Å². The first kappa shape index (κ1) is 13.3. The van der Waals surface area contributed by atoms with Gasteiger partial charge in [-0.25, -0.2) is 4.79 Å². The molecular weight excluding hydrogens is 224 g/mol. The molecule has 0 aromatic rings. The van der Waals surface area contributed by atoms with Crippen molar-refractivity contribution in [3.8, 4) is 12.3 Å². The highest BCUT2D eigenvalue weighted by Gasteiger charge is 2.35. The monoisotopic (exact) mass is 240 g/mol. The Hall–Kier alpha value is -1.74. The van der Waals surface area contributed by atoms with Gasteiger partial charge in [0.05, 0.1) is 19.3 Å². The first-order chi connectivity index (χ1) is 8.04. The molecule has 0 saturated carbocycles. The van der Waals surface area contributed by atoms with Gasteiger partial charge in [-0.3, -0.25) is 4.79 Å². The average molecular weight is 240 g/mol. The Labute approximate surface area is 99.7 Å². The largest absolute Gasteiger partial charge is 0.481 e. The molecule has 3 unspecified atom stereocenters. The van der Waals surface area contributed by atoms with Crippen LogP contribution in [0.2, 0.25) is 0 Å². The van der Waals surface area contributed by atoms with E-state index in [4.69, 9.17) is 16.3 Å². The SMILES string of the molecule is C#CCC(C)NC(=O)NC1COCC1C(=O)O. The molecule has 3 N–H and O–H groups in total. The van der Waals surface area contributed by atoms with Crippen molar-refractivity contribution in [2.45, 2.75) is 25.4 Å². The number of urea groups is 1. The molecule has 1 rings (SSSR count). The van der Waals surface area contributed by atoms with Gasteiger partial charge >= 0.3 is 12.0 Å². The van der Waals surface area contributed by atoms with E-state index in [9.17, 15) is 9.59 Å². The Morgan fingerprint density at radius 2 is 2.29 bits per heavy atom. The van der Waals surface area contributed by atoms with Crippen molar-refractivity contribution >= 4 is 12.0 Å². The maximum Gasteiger partial charge on any atom is 0.315 e. The molecule has 6 nitrogen and oxygen atoms in total. The van der Waals surface area contributed by atoms with Gasteiger partial charge in [-0.05, 0) is 6.92 Å². The number of terminal acetylenes is 1. The second-order valence-corrected chi connectivity index (χ2v) is 4.02. The highest BCUT2D eigenvalue weighted by Crippen LogP contribution is 2.13. The van der Waals surface area contributed by atoms with Gasteiger partial charge < -0.3 is 20.5 Å². The maximum atomic E-state index is 11.5. The molecule has 6 heteroatoms. The Morgan fingerprint density at radius 1 is 1.59 bits per heavy atom. The van der Waals surface area contributed by atoms with Crippen molar-refractivity contribution in [1.82, 2.24) is 10.6 Å². The van der Waals surface area contributed by atoms with Crippen LogP contribution in [-0.2, 0) is 9.53 Å². The summed E-state index contributed by atoms with van der Waals surface area (Å²) in [7, 11) is 0. The van der Waals surface area contributed by atoms with Crippen LogP contribution in [0.15, 0.2) is 0 Å². The third-order valence-electron chi connectivity index (χ3n) is 2.52. The number of rotatable bonds is 4. The van der Waals surface area contributed by atoms with Crippen LogP contribution in [0, 0.1) is 18.3 Å². The third-order valence-corrected chi connectivity index (χ3v) is 2.52. The summed E-state index contributed by atoms with van der Waals surface area (Å²) >= 11 is 0. The number of aliphatic carboxylic acids is 1. The molecule has 3 atom stereocenters.